The van der Waals surface area contributed by atoms with E-state index in [0.29, 0.717) is 6.42 Å². The monoisotopic (exact) mass is 386 g/mol. The summed E-state index contributed by atoms with van der Waals surface area (Å²) in [5.41, 5.74) is 0. The summed E-state index contributed by atoms with van der Waals surface area (Å²) in [5, 5.41) is 25.7. The minimum Gasteiger partial charge on any atom is -0.481 e. The number of allylic oxidation sites excluding steroid dienone is 1. The molecular formula is C21H38O6. The summed E-state index contributed by atoms with van der Waals surface area (Å²) in [6.07, 6.45) is 18.2. The highest BCUT2D eigenvalue weighted by molar-refractivity contribution is 5.80. The van der Waals surface area contributed by atoms with Crippen molar-refractivity contribution in [2.75, 3.05) is 0 Å². The van der Waals surface area contributed by atoms with Gasteiger partial charge in [0.1, 0.15) is 0 Å². The Bertz CT molecular complexity index is 392. The lowest BCUT2D eigenvalue weighted by Gasteiger charge is -2.07. The number of rotatable bonds is 16. The van der Waals surface area contributed by atoms with Crippen molar-refractivity contribution >= 4 is 11.9 Å². The number of aliphatic carboxylic acids is 1. The van der Waals surface area contributed by atoms with E-state index in [-0.39, 0.29) is 6.10 Å². The van der Waals surface area contributed by atoms with Gasteiger partial charge in [0, 0.05) is 12.5 Å². The zero-order valence-corrected chi connectivity index (χ0v) is 16.8. The van der Waals surface area contributed by atoms with E-state index in [1.165, 1.54) is 25.7 Å². The van der Waals surface area contributed by atoms with Crippen LogP contribution in [0.2, 0.25) is 0 Å². The summed E-state index contributed by atoms with van der Waals surface area (Å²) in [4.78, 5) is 23.1. The van der Waals surface area contributed by atoms with E-state index in [0.717, 1.165) is 57.4 Å². The number of aliphatic hydroxyl groups excluding tert-OH is 1. The molecule has 158 valence electrons. The lowest BCUT2D eigenvalue weighted by atomic mass is 10.1. The first kappa shape index (κ1) is 27.6. The fraction of sp³-hybridized carbons (Fsp3) is 0.714. The Kier molecular flexibility index (Phi) is 22.8. The largest absolute Gasteiger partial charge is 0.481 e. The predicted molar refractivity (Wildman–Crippen MR) is 107 cm³/mol. The molecule has 0 rings (SSSR count). The summed E-state index contributed by atoms with van der Waals surface area (Å²) < 4.78 is 0. The van der Waals surface area contributed by atoms with Gasteiger partial charge in [-0.05, 0) is 32.1 Å². The quantitative estimate of drug-likeness (QED) is 0.110. The lowest BCUT2D eigenvalue weighted by molar-refractivity contribution is -0.228. The van der Waals surface area contributed by atoms with Crippen LogP contribution < -0.4 is 0 Å². The summed E-state index contributed by atoms with van der Waals surface area (Å²) in [6, 6.07) is 0. The molecule has 27 heavy (non-hydrogen) atoms. The molecule has 0 radical (unpaired) electrons. The molecular weight excluding hydrogens is 348 g/mol. The van der Waals surface area contributed by atoms with Crippen molar-refractivity contribution < 1.29 is 29.9 Å². The van der Waals surface area contributed by atoms with Gasteiger partial charge in [0.15, 0.2) is 0 Å². The first-order chi connectivity index (χ1) is 13.0. The number of hydrogen-bond acceptors (Lipinski definition) is 5. The van der Waals surface area contributed by atoms with Crippen LogP contribution in [0.15, 0.2) is 24.8 Å². The Morgan fingerprint density at radius 1 is 1.00 bits per heavy atom. The van der Waals surface area contributed by atoms with Gasteiger partial charge in [-0.3, -0.25) is 9.68 Å². The highest BCUT2D eigenvalue weighted by Crippen LogP contribution is 2.10. The van der Waals surface area contributed by atoms with E-state index in [9.17, 15) is 14.7 Å². The molecule has 6 heteroatoms. The number of aliphatic hydroxyl groups is 1. The normalized spacial score (nSPS) is 11.5. The highest BCUT2D eigenvalue weighted by atomic mass is 17.1. The van der Waals surface area contributed by atoms with Crippen molar-refractivity contribution in [1.29, 1.82) is 0 Å². The average Bonchev–Trinajstić information content (AvgIpc) is 2.66. The van der Waals surface area contributed by atoms with Crippen LogP contribution in [-0.2, 0) is 14.5 Å². The maximum atomic E-state index is 10.3. The molecule has 0 aliphatic heterocycles. The van der Waals surface area contributed by atoms with Crippen LogP contribution in [0, 0.1) is 0 Å². The second kappa shape index (κ2) is 22.4. The standard InChI is InChI=1S/C18H34O3.C3H4O3/c1-2-3-4-11-14-17(19)15-12-9-7-5-6-8-10-13-16-18(20)21;1-2-3(4)6-5/h9,12,17,19H,2-8,10-11,13-16H2,1H3,(H,20,21);2,5H,1H2/b12-9-;. The van der Waals surface area contributed by atoms with E-state index >= 15 is 0 Å². The Morgan fingerprint density at radius 3 is 2.19 bits per heavy atom. The van der Waals surface area contributed by atoms with E-state index in [1.54, 1.807) is 0 Å². The lowest BCUT2D eigenvalue weighted by Crippen LogP contribution is -2.04. The Balaban J connectivity index is 0. The van der Waals surface area contributed by atoms with Gasteiger partial charge >= 0.3 is 11.9 Å². The minimum absolute atomic E-state index is 0.172. The second-order valence-corrected chi connectivity index (χ2v) is 6.52. The van der Waals surface area contributed by atoms with Gasteiger partial charge in [0.2, 0.25) is 0 Å². The van der Waals surface area contributed by atoms with Crippen molar-refractivity contribution in [3.05, 3.63) is 24.8 Å². The van der Waals surface area contributed by atoms with Crippen LogP contribution in [0.3, 0.4) is 0 Å². The number of hydrogen-bond donors (Lipinski definition) is 3. The molecule has 0 saturated heterocycles. The van der Waals surface area contributed by atoms with Crippen LogP contribution in [0.4, 0.5) is 0 Å². The molecule has 0 heterocycles. The van der Waals surface area contributed by atoms with Gasteiger partial charge in [-0.2, -0.15) is 5.26 Å². The van der Waals surface area contributed by atoms with Gasteiger partial charge in [0.05, 0.1) is 6.10 Å². The third kappa shape index (κ3) is 26.7. The Hall–Kier alpha value is -1.66. The topological polar surface area (TPSA) is 104 Å². The van der Waals surface area contributed by atoms with E-state index < -0.39 is 11.9 Å². The van der Waals surface area contributed by atoms with Crippen molar-refractivity contribution in [3.8, 4) is 0 Å². The number of carbonyl (C=O) groups is 2. The molecule has 0 fully saturated rings. The molecule has 6 nitrogen and oxygen atoms in total. The number of carboxylic acid groups (broad SMARTS) is 1. The van der Waals surface area contributed by atoms with Crippen LogP contribution in [0.25, 0.3) is 0 Å². The highest BCUT2D eigenvalue weighted by Gasteiger charge is 2.00. The summed E-state index contributed by atoms with van der Waals surface area (Å²) in [6.45, 7) is 5.20. The fourth-order valence-corrected chi connectivity index (χ4v) is 2.40. The van der Waals surface area contributed by atoms with Crippen molar-refractivity contribution in [1.82, 2.24) is 0 Å². The molecule has 0 spiro atoms. The van der Waals surface area contributed by atoms with Crippen LogP contribution >= 0.6 is 0 Å². The average molecular weight is 387 g/mol. The van der Waals surface area contributed by atoms with E-state index in [1.807, 2.05) is 0 Å². The molecule has 0 aliphatic carbocycles. The molecule has 0 aromatic carbocycles. The number of carbonyl (C=O) groups excluding carboxylic acids is 1. The first-order valence-electron chi connectivity index (χ1n) is 10.0. The predicted octanol–water partition coefficient (Wildman–Crippen LogP) is 5.27. The maximum Gasteiger partial charge on any atom is 0.365 e. The summed E-state index contributed by atoms with van der Waals surface area (Å²) in [7, 11) is 0. The third-order valence-electron chi connectivity index (χ3n) is 3.98. The molecule has 0 aromatic heterocycles. The van der Waals surface area contributed by atoms with Gasteiger partial charge in [-0.1, -0.05) is 70.6 Å². The number of unbranched alkanes of at least 4 members (excludes halogenated alkanes) is 8. The summed E-state index contributed by atoms with van der Waals surface area (Å²) in [5.74, 6) is -1.53. The molecule has 0 aliphatic rings. The molecule has 0 saturated carbocycles. The minimum atomic E-state index is -0.838. The summed E-state index contributed by atoms with van der Waals surface area (Å²) >= 11 is 0. The molecule has 0 amide bonds. The molecule has 1 atom stereocenters. The van der Waals surface area contributed by atoms with E-state index in [4.69, 9.17) is 10.4 Å². The van der Waals surface area contributed by atoms with Crippen molar-refractivity contribution in [2.45, 2.75) is 96.5 Å². The smallest absolute Gasteiger partial charge is 0.365 e. The second-order valence-electron chi connectivity index (χ2n) is 6.52. The van der Waals surface area contributed by atoms with Gasteiger partial charge in [0.25, 0.3) is 0 Å². The molecule has 3 N–H and O–H groups in total. The van der Waals surface area contributed by atoms with Crippen LogP contribution in [-0.4, -0.2) is 33.5 Å². The zero-order chi connectivity index (χ0) is 20.8. The van der Waals surface area contributed by atoms with Gasteiger partial charge in [-0.15, -0.1) is 0 Å². The van der Waals surface area contributed by atoms with Gasteiger partial charge in [-0.25, -0.2) is 4.79 Å². The molecule has 0 bridgehead atoms. The van der Waals surface area contributed by atoms with Crippen LogP contribution in [0.1, 0.15) is 90.4 Å². The first-order valence-corrected chi connectivity index (χ1v) is 10.0. The fourth-order valence-electron chi connectivity index (χ4n) is 2.40. The van der Waals surface area contributed by atoms with Crippen molar-refractivity contribution in [3.63, 3.8) is 0 Å². The SMILES string of the molecule is C=CC(=O)OO.CCCCCCC(O)C/C=C\CCCCCCCC(=O)O. The van der Waals surface area contributed by atoms with E-state index in [2.05, 4.69) is 30.5 Å². The Labute approximate surface area is 163 Å². The molecule has 1 unspecified atom stereocenters. The Morgan fingerprint density at radius 2 is 1.63 bits per heavy atom. The van der Waals surface area contributed by atoms with Crippen molar-refractivity contribution in [2.24, 2.45) is 0 Å². The molecule has 0 aromatic rings. The van der Waals surface area contributed by atoms with Crippen LogP contribution in [0.5, 0.6) is 0 Å². The van der Waals surface area contributed by atoms with Gasteiger partial charge < -0.3 is 10.2 Å². The zero-order valence-electron chi connectivity index (χ0n) is 16.8. The third-order valence-corrected chi connectivity index (χ3v) is 3.98. The number of carboxylic acids is 1. The maximum absolute atomic E-state index is 10.3.